The maximum atomic E-state index is 12.6. The molecule has 0 N–H and O–H groups in total. The zero-order valence-electron chi connectivity index (χ0n) is 14.3. The molecular weight excluding hydrogens is 352 g/mol. The van der Waals surface area contributed by atoms with Gasteiger partial charge >= 0.3 is 0 Å². The van der Waals surface area contributed by atoms with E-state index in [0.717, 1.165) is 4.88 Å². The topological polar surface area (TPSA) is 59.1 Å². The van der Waals surface area contributed by atoms with Gasteiger partial charge in [-0.1, -0.05) is 6.07 Å². The third kappa shape index (κ3) is 3.59. The second-order valence-corrected chi connectivity index (χ2v) is 7.27. The summed E-state index contributed by atoms with van der Waals surface area (Å²) in [5.41, 5.74) is 0.631. The fourth-order valence-electron chi connectivity index (χ4n) is 3.18. The summed E-state index contributed by atoms with van der Waals surface area (Å²) in [6.45, 7) is 4.08. The molecular formula is C19H20N2O4S. The van der Waals surface area contributed by atoms with Crippen molar-refractivity contribution in [3.05, 3.63) is 46.2 Å². The first-order valence-electron chi connectivity index (χ1n) is 8.69. The smallest absolute Gasteiger partial charge is 0.264 e. The average Bonchev–Trinajstić information content (AvgIpc) is 3.22. The van der Waals surface area contributed by atoms with Gasteiger partial charge in [0, 0.05) is 31.7 Å². The lowest BCUT2D eigenvalue weighted by Crippen LogP contribution is -2.49. The third-order valence-electron chi connectivity index (χ3n) is 4.62. The normalized spacial score (nSPS) is 17.2. The number of amides is 1. The number of fused-ring (bicyclic) bond motifs is 1. The van der Waals surface area contributed by atoms with Crippen molar-refractivity contribution in [1.82, 2.24) is 9.80 Å². The van der Waals surface area contributed by atoms with Gasteiger partial charge < -0.3 is 14.4 Å². The Labute approximate surface area is 155 Å². The van der Waals surface area contributed by atoms with E-state index in [1.54, 1.807) is 18.2 Å². The molecule has 1 saturated heterocycles. The molecule has 0 radical (unpaired) electrons. The molecule has 0 saturated carbocycles. The molecule has 26 heavy (non-hydrogen) atoms. The number of nitrogens with zero attached hydrogens (tertiary/aromatic N) is 2. The van der Waals surface area contributed by atoms with Crippen LogP contribution < -0.4 is 9.47 Å². The van der Waals surface area contributed by atoms with E-state index in [9.17, 15) is 9.59 Å². The van der Waals surface area contributed by atoms with E-state index in [1.807, 2.05) is 22.4 Å². The van der Waals surface area contributed by atoms with Gasteiger partial charge in [-0.05, 0) is 29.6 Å². The molecule has 0 aliphatic carbocycles. The van der Waals surface area contributed by atoms with Crippen LogP contribution in [-0.4, -0.2) is 67.4 Å². The molecule has 7 heteroatoms. The standard InChI is InChI=1S/C19H20N2O4S/c22-15(14-3-4-16-17(12-14)25-10-9-24-16)13-20-5-7-21(8-6-20)19(23)18-2-1-11-26-18/h1-4,11-12H,5-10,13H2. The van der Waals surface area contributed by atoms with Crippen molar-refractivity contribution in [3.8, 4) is 11.5 Å². The Kier molecular flexibility index (Phi) is 4.90. The summed E-state index contributed by atoms with van der Waals surface area (Å²) in [5.74, 6) is 1.46. The zero-order chi connectivity index (χ0) is 17.9. The van der Waals surface area contributed by atoms with Crippen LogP contribution in [-0.2, 0) is 0 Å². The number of thiophene rings is 1. The van der Waals surface area contributed by atoms with E-state index >= 15 is 0 Å². The van der Waals surface area contributed by atoms with Crippen LogP contribution >= 0.6 is 11.3 Å². The van der Waals surface area contributed by atoms with E-state index in [0.29, 0.717) is 63.0 Å². The van der Waals surface area contributed by atoms with Gasteiger partial charge in [-0.3, -0.25) is 14.5 Å². The van der Waals surface area contributed by atoms with Crippen LogP contribution in [0.15, 0.2) is 35.7 Å². The van der Waals surface area contributed by atoms with Gasteiger partial charge in [-0.25, -0.2) is 0 Å². The highest BCUT2D eigenvalue weighted by Gasteiger charge is 2.24. The number of carbonyl (C=O) groups excluding carboxylic acids is 2. The van der Waals surface area contributed by atoms with Gasteiger partial charge in [-0.2, -0.15) is 0 Å². The van der Waals surface area contributed by atoms with Gasteiger partial charge in [-0.15, -0.1) is 11.3 Å². The molecule has 3 heterocycles. The van der Waals surface area contributed by atoms with Crippen LogP contribution in [0.1, 0.15) is 20.0 Å². The van der Waals surface area contributed by atoms with Crippen molar-refractivity contribution in [2.24, 2.45) is 0 Å². The Bertz CT molecular complexity index is 798. The van der Waals surface area contributed by atoms with E-state index in [-0.39, 0.29) is 11.7 Å². The summed E-state index contributed by atoms with van der Waals surface area (Å²) >= 11 is 1.46. The maximum absolute atomic E-state index is 12.6. The highest BCUT2D eigenvalue weighted by Crippen LogP contribution is 2.30. The first-order chi connectivity index (χ1) is 12.7. The lowest BCUT2D eigenvalue weighted by atomic mass is 10.1. The Morgan fingerprint density at radius 2 is 1.77 bits per heavy atom. The monoisotopic (exact) mass is 372 g/mol. The van der Waals surface area contributed by atoms with Crippen molar-refractivity contribution in [2.45, 2.75) is 0 Å². The van der Waals surface area contributed by atoms with Gasteiger partial charge in [0.05, 0.1) is 11.4 Å². The van der Waals surface area contributed by atoms with Crippen LogP contribution in [0.3, 0.4) is 0 Å². The zero-order valence-corrected chi connectivity index (χ0v) is 15.2. The second kappa shape index (κ2) is 7.47. The van der Waals surface area contributed by atoms with Crippen molar-refractivity contribution in [1.29, 1.82) is 0 Å². The fraction of sp³-hybridized carbons (Fsp3) is 0.368. The summed E-state index contributed by atoms with van der Waals surface area (Å²) in [4.78, 5) is 29.7. The molecule has 1 aromatic carbocycles. The molecule has 0 spiro atoms. The van der Waals surface area contributed by atoms with Crippen LogP contribution in [0.4, 0.5) is 0 Å². The van der Waals surface area contributed by atoms with E-state index in [2.05, 4.69) is 4.90 Å². The van der Waals surface area contributed by atoms with Gasteiger partial charge in [0.25, 0.3) is 5.91 Å². The predicted molar refractivity (Wildman–Crippen MR) is 98.4 cm³/mol. The van der Waals surface area contributed by atoms with E-state index in [1.165, 1.54) is 11.3 Å². The number of carbonyl (C=O) groups is 2. The average molecular weight is 372 g/mol. The molecule has 0 atom stereocenters. The Morgan fingerprint density at radius 1 is 1.00 bits per heavy atom. The molecule has 0 unspecified atom stereocenters. The van der Waals surface area contributed by atoms with E-state index < -0.39 is 0 Å². The summed E-state index contributed by atoms with van der Waals surface area (Å²) in [5, 5.41) is 1.91. The predicted octanol–water partition coefficient (Wildman–Crippen LogP) is 2.16. The molecule has 1 fully saturated rings. The number of ketones is 1. The fourth-order valence-corrected chi connectivity index (χ4v) is 3.87. The highest BCUT2D eigenvalue weighted by atomic mass is 32.1. The highest BCUT2D eigenvalue weighted by molar-refractivity contribution is 7.12. The minimum Gasteiger partial charge on any atom is -0.486 e. The first kappa shape index (κ1) is 17.1. The van der Waals surface area contributed by atoms with E-state index in [4.69, 9.17) is 9.47 Å². The number of benzene rings is 1. The first-order valence-corrected chi connectivity index (χ1v) is 9.57. The number of rotatable bonds is 4. The molecule has 2 aliphatic rings. The minimum atomic E-state index is 0.0556. The summed E-state index contributed by atoms with van der Waals surface area (Å²) in [6, 6.07) is 9.07. The van der Waals surface area contributed by atoms with Crippen molar-refractivity contribution < 1.29 is 19.1 Å². The Hall–Kier alpha value is -2.38. The number of ether oxygens (including phenoxy) is 2. The SMILES string of the molecule is O=C(CN1CCN(C(=O)c2cccs2)CC1)c1ccc2c(c1)OCCO2. The van der Waals surface area contributed by atoms with Crippen LogP contribution in [0.25, 0.3) is 0 Å². The summed E-state index contributed by atoms with van der Waals surface area (Å²) < 4.78 is 11.0. The lowest BCUT2D eigenvalue weighted by molar-refractivity contribution is 0.0628. The number of hydrogen-bond acceptors (Lipinski definition) is 6. The third-order valence-corrected chi connectivity index (χ3v) is 5.48. The van der Waals surface area contributed by atoms with Gasteiger partial charge in [0.1, 0.15) is 13.2 Å². The Balaban J connectivity index is 1.33. The minimum absolute atomic E-state index is 0.0556. The van der Waals surface area contributed by atoms with Crippen LogP contribution in [0, 0.1) is 0 Å². The van der Waals surface area contributed by atoms with Crippen LogP contribution in [0.2, 0.25) is 0 Å². The summed E-state index contributed by atoms with van der Waals surface area (Å²) in [7, 11) is 0. The number of piperazine rings is 1. The second-order valence-electron chi connectivity index (χ2n) is 6.33. The maximum Gasteiger partial charge on any atom is 0.264 e. The van der Waals surface area contributed by atoms with Crippen molar-refractivity contribution >= 4 is 23.0 Å². The van der Waals surface area contributed by atoms with Gasteiger partial charge in [0.15, 0.2) is 17.3 Å². The molecule has 6 nitrogen and oxygen atoms in total. The van der Waals surface area contributed by atoms with Gasteiger partial charge in [0.2, 0.25) is 0 Å². The largest absolute Gasteiger partial charge is 0.486 e. The molecule has 0 bridgehead atoms. The summed E-state index contributed by atoms with van der Waals surface area (Å²) in [6.07, 6.45) is 0. The molecule has 1 amide bonds. The molecule has 136 valence electrons. The lowest BCUT2D eigenvalue weighted by Gasteiger charge is -2.34. The molecule has 4 rings (SSSR count). The quantitative estimate of drug-likeness (QED) is 0.770. The molecule has 2 aliphatic heterocycles. The van der Waals surface area contributed by atoms with Crippen molar-refractivity contribution in [3.63, 3.8) is 0 Å². The molecule has 1 aromatic heterocycles. The van der Waals surface area contributed by atoms with Crippen LogP contribution in [0.5, 0.6) is 11.5 Å². The molecule has 2 aromatic rings. The Morgan fingerprint density at radius 3 is 2.50 bits per heavy atom. The van der Waals surface area contributed by atoms with Crippen molar-refractivity contribution in [2.75, 3.05) is 45.9 Å². The number of Topliss-reactive ketones (excluding diaryl/α,β-unsaturated/α-hetero) is 1. The number of hydrogen-bond donors (Lipinski definition) is 0.